The largest absolute Gasteiger partial charge is 0.480 e. The number of hydrogen-bond donors (Lipinski definition) is 4. The summed E-state index contributed by atoms with van der Waals surface area (Å²) in [6.45, 7) is -0.552. The summed E-state index contributed by atoms with van der Waals surface area (Å²) in [5.74, 6) is -2.98. The molecule has 0 atom stereocenters. The van der Waals surface area contributed by atoms with Crippen molar-refractivity contribution in [3.8, 4) is 0 Å². The maximum absolute atomic E-state index is 11.9. The number of hydrogen-bond acceptors (Lipinski definition) is 5. The van der Waals surface area contributed by atoms with Crippen molar-refractivity contribution in [2.24, 2.45) is 4.99 Å². The van der Waals surface area contributed by atoms with Gasteiger partial charge in [0.25, 0.3) is 5.91 Å². The standard InChI is InChI=1S/C16H13N3O5S/c20-12(21)6-18-15(22)11-7-25-14(13(19-11)16(23)24)9-5-17-10-4-2-1-3-8(9)10/h1-5,17H,6-7H2,(H,18,22)(H,20,21)(H,23,24). The Bertz CT molecular complexity index is 944. The number of thioether (sulfide) groups is 1. The quantitative estimate of drug-likeness (QED) is 0.636. The molecule has 0 fully saturated rings. The van der Waals surface area contributed by atoms with Gasteiger partial charge in [-0.25, -0.2) is 9.79 Å². The van der Waals surface area contributed by atoms with Gasteiger partial charge in [0.05, 0.1) is 4.91 Å². The van der Waals surface area contributed by atoms with Crippen molar-refractivity contribution in [2.75, 3.05) is 12.3 Å². The van der Waals surface area contributed by atoms with E-state index in [1.54, 1.807) is 6.20 Å². The number of amides is 1. The predicted octanol–water partition coefficient (Wildman–Crippen LogP) is 1.31. The minimum atomic E-state index is -1.25. The predicted molar refractivity (Wildman–Crippen MR) is 93.4 cm³/mol. The van der Waals surface area contributed by atoms with Crippen LogP contribution >= 0.6 is 11.8 Å². The summed E-state index contributed by atoms with van der Waals surface area (Å²) in [4.78, 5) is 41.6. The fourth-order valence-corrected chi connectivity index (χ4v) is 3.48. The zero-order chi connectivity index (χ0) is 18.0. The van der Waals surface area contributed by atoms with E-state index in [9.17, 15) is 19.5 Å². The van der Waals surface area contributed by atoms with Gasteiger partial charge in [-0.1, -0.05) is 18.2 Å². The molecule has 2 aromatic rings. The molecule has 0 aliphatic carbocycles. The number of nitrogens with one attached hydrogen (secondary N) is 2. The molecule has 9 heteroatoms. The van der Waals surface area contributed by atoms with Crippen LogP contribution in [0.3, 0.4) is 0 Å². The van der Waals surface area contributed by atoms with Crippen LogP contribution in [0.25, 0.3) is 15.8 Å². The fourth-order valence-electron chi connectivity index (χ4n) is 2.41. The number of aromatic nitrogens is 1. The third-order valence-electron chi connectivity index (χ3n) is 3.51. The molecule has 128 valence electrons. The monoisotopic (exact) mass is 359 g/mol. The summed E-state index contributed by atoms with van der Waals surface area (Å²) >= 11 is 1.18. The molecule has 1 amide bonds. The van der Waals surface area contributed by atoms with Crippen LogP contribution in [0.15, 0.2) is 41.2 Å². The molecule has 0 saturated heterocycles. The molecule has 1 aliphatic rings. The molecule has 0 saturated carbocycles. The molecule has 0 bridgehead atoms. The number of carbonyl (C=O) groups excluding carboxylic acids is 1. The minimum Gasteiger partial charge on any atom is -0.480 e. The van der Waals surface area contributed by atoms with Crippen LogP contribution in [0, 0.1) is 0 Å². The lowest BCUT2D eigenvalue weighted by molar-refractivity contribution is -0.137. The number of carbonyl (C=O) groups is 3. The van der Waals surface area contributed by atoms with Gasteiger partial charge in [0.1, 0.15) is 12.3 Å². The van der Waals surface area contributed by atoms with Crippen LogP contribution < -0.4 is 5.32 Å². The highest BCUT2D eigenvalue weighted by Crippen LogP contribution is 2.38. The summed E-state index contributed by atoms with van der Waals surface area (Å²) in [6, 6.07) is 7.46. The molecular weight excluding hydrogens is 346 g/mol. The highest BCUT2D eigenvalue weighted by atomic mass is 32.2. The summed E-state index contributed by atoms with van der Waals surface area (Å²) < 4.78 is 0. The SMILES string of the molecule is O=C(O)CNC(=O)C1=NC(C(=O)O)=C(c2c[nH]c3ccccc23)SC1. The first-order chi connectivity index (χ1) is 12.0. The van der Waals surface area contributed by atoms with E-state index < -0.39 is 24.4 Å². The van der Waals surface area contributed by atoms with Gasteiger partial charge >= 0.3 is 11.9 Å². The lowest BCUT2D eigenvalue weighted by Gasteiger charge is -2.16. The van der Waals surface area contributed by atoms with Gasteiger partial charge in [0.15, 0.2) is 5.70 Å². The van der Waals surface area contributed by atoms with E-state index >= 15 is 0 Å². The number of aliphatic imine (C=N–C) groups is 1. The maximum atomic E-state index is 11.9. The van der Waals surface area contributed by atoms with Crippen molar-refractivity contribution in [1.29, 1.82) is 0 Å². The second-order valence-corrected chi connectivity index (χ2v) is 6.14. The topological polar surface area (TPSA) is 132 Å². The van der Waals surface area contributed by atoms with E-state index in [1.165, 1.54) is 11.8 Å². The number of H-pyrrole nitrogens is 1. The van der Waals surface area contributed by atoms with Crippen molar-refractivity contribution >= 4 is 51.1 Å². The number of carboxylic acids is 2. The second kappa shape index (κ2) is 6.81. The highest BCUT2D eigenvalue weighted by Gasteiger charge is 2.26. The molecule has 1 aromatic carbocycles. The van der Waals surface area contributed by atoms with Crippen molar-refractivity contribution in [3.63, 3.8) is 0 Å². The third-order valence-corrected chi connectivity index (χ3v) is 4.63. The zero-order valence-electron chi connectivity index (χ0n) is 12.8. The van der Waals surface area contributed by atoms with Crippen LogP contribution in [0.1, 0.15) is 5.56 Å². The average molecular weight is 359 g/mol. The van der Waals surface area contributed by atoms with Gasteiger partial charge in [-0.15, -0.1) is 11.8 Å². The van der Waals surface area contributed by atoms with Gasteiger partial charge in [0, 0.05) is 28.4 Å². The molecule has 0 spiro atoms. The Morgan fingerprint density at radius 1 is 1.24 bits per heavy atom. The Morgan fingerprint density at radius 2 is 2.00 bits per heavy atom. The van der Waals surface area contributed by atoms with Gasteiger partial charge < -0.3 is 20.5 Å². The first-order valence-electron chi connectivity index (χ1n) is 7.21. The van der Waals surface area contributed by atoms with E-state index in [0.717, 1.165) is 10.9 Å². The van der Waals surface area contributed by atoms with Gasteiger partial charge in [-0.2, -0.15) is 0 Å². The van der Waals surface area contributed by atoms with E-state index in [1.807, 2.05) is 24.3 Å². The van der Waals surface area contributed by atoms with E-state index in [-0.39, 0.29) is 17.2 Å². The first-order valence-corrected chi connectivity index (χ1v) is 8.20. The van der Waals surface area contributed by atoms with Crippen LogP contribution in [0.2, 0.25) is 0 Å². The Morgan fingerprint density at radius 3 is 2.72 bits per heavy atom. The third kappa shape index (κ3) is 3.41. The molecule has 25 heavy (non-hydrogen) atoms. The number of aliphatic carboxylic acids is 2. The summed E-state index contributed by atoms with van der Waals surface area (Å²) in [5.41, 5.74) is 1.31. The molecule has 0 unspecified atom stereocenters. The highest BCUT2D eigenvalue weighted by molar-refractivity contribution is 8.09. The molecular formula is C16H13N3O5S. The molecule has 2 heterocycles. The van der Waals surface area contributed by atoms with E-state index in [4.69, 9.17) is 5.11 Å². The van der Waals surface area contributed by atoms with Gasteiger partial charge in [-0.05, 0) is 6.07 Å². The lowest BCUT2D eigenvalue weighted by Crippen LogP contribution is -2.37. The minimum absolute atomic E-state index is 0.0211. The van der Waals surface area contributed by atoms with Crippen LogP contribution in [-0.2, 0) is 14.4 Å². The molecule has 0 radical (unpaired) electrons. The number of carboxylic acid groups (broad SMARTS) is 2. The Balaban J connectivity index is 2.00. The molecule has 3 rings (SSSR count). The molecule has 1 aliphatic heterocycles. The second-order valence-electron chi connectivity index (χ2n) is 5.15. The van der Waals surface area contributed by atoms with Crippen LogP contribution in [-0.4, -0.2) is 51.1 Å². The lowest BCUT2D eigenvalue weighted by atomic mass is 10.1. The zero-order valence-corrected chi connectivity index (χ0v) is 13.6. The Hall–Kier alpha value is -3.07. The van der Waals surface area contributed by atoms with Crippen molar-refractivity contribution in [2.45, 2.75) is 0 Å². The molecule has 1 aromatic heterocycles. The van der Waals surface area contributed by atoms with Gasteiger partial charge in [-0.3, -0.25) is 9.59 Å². The maximum Gasteiger partial charge on any atom is 0.355 e. The van der Waals surface area contributed by atoms with Crippen LogP contribution in [0.5, 0.6) is 0 Å². The number of benzene rings is 1. The molecule has 4 N–H and O–H groups in total. The fraction of sp³-hybridized carbons (Fsp3) is 0.125. The Kier molecular flexibility index (Phi) is 4.57. The number of para-hydroxylation sites is 1. The average Bonchev–Trinajstić information content (AvgIpc) is 3.03. The summed E-state index contributed by atoms with van der Waals surface area (Å²) in [6.07, 6.45) is 1.71. The van der Waals surface area contributed by atoms with E-state index in [0.29, 0.717) is 10.5 Å². The summed E-state index contributed by atoms with van der Waals surface area (Å²) in [7, 11) is 0. The number of rotatable bonds is 5. The van der Waals surface area contributed by atoms with Crippen molar-refractivity contribution < 1.29 is 24.6 Å². The first kappa shape index (κ1) is 16.8. The Labute approximate surface area is 145 Å². The number of fused-ring (bicyclic) bond motifs is 1. The summed E-state index contributed by atoms with van der Waals surface area (Å²) in [5, 5.41) is 21.1. The van der Waals surface area contributed by atoms with E-state index in [2.05, 4.69) is 15.3 Å². The normalized spacial score (nSPS) is 14.3. The van der Waals surface area contributed by atoms with Crippen molar-refractivity contribution in [3.05, 3.63) is 41.7 Å². The number of nitrogens with zero attached hydrogens (tertiary/aromatic N) is 1. The van der Waals surface area contributed by atoms with Crippen molar-refractivity contribution in [1.82, 2.24) is 10.3 Å². The van der Waals surface area contributed by atoms with Crippen LogP contribution in [0.4, 0.5) is 0 Å². The number of aromatic amines is 1. The smallest absolute Gasteiger partial charge is 0.355 e. The molecule has 8 nitrogen and oxygen atoms in total. The van der Waals surface area contributed by atoms with Gasteiger partial charge in [0.2, 0.25) is 0 Å².